The highest BCUT2D eigenvalue weighted by molar-refractivity contribution is 6.04. The summed E-state index contributed by atoms with van der Waals surface area (Å²) >= 11 is 0. The second kappa shape index (κ2) is 7.47. The lowest BCUT2D eigenvalue weighted by atomic mass is 10.1. The Morgan fingerprint density at radius 3 is 2.55 bits per heavy atom. The number of amides is 1. The van der Waals surface area contributed by atoms with E-state index in [0.29, 0.717) is 29.4 Å². The van der Waals surface area contributed by atoms with E-state index in [4.69, 9.17) is 14.2 Å². The molecule has 0 aliphatic carbocycles. The zero-order chi connectivity index (χ0) is 15.9. The molecule has 0 bridgehead atoms. The van der Waals surface area contributed by atoms with Crippen LogP contribution >= 0.6 is 0 Å². The van der Waals surface area contributed by atoms with E-state index in [1.165, 1.54) is 0 Å². The molecule has 0 atom stereocenters. The first-order valence-electron chi connectivity index (χ1n) is 6.79. The summed E-state index contributed by atoms with van der Waals surface area (Å²) in [6, 6.07) is 12.5. The van der Waals surface area contributed by atoms with Crippen molar-refractivity contribution in [1.29, 1.82) is 0 Å². The third-order valence-corrected chi connectivity index (χ3v) is 3.18. The molecule has 0 spiro atoms. The zero-order valence-electron chi connectivity index (χ0n) is 12.9. The van der Waals surface area contributed by atoms with Gasteiger partial charge in [0.15, 0.2) is 0 Å². The van der Waals surface area contributed by atoms with Crippen molar-refractivity contribution in [1.82, 2.24) is 0 Å². The molecule has 5 nitrogen and oxygen atoms in total. The van der Waals surface area contributed by atoms with E-state index >= 15 is 0 Å². The molecule has 0 saturated heterocycles. The second-order valence-corrected chi connectivity index (χ2v) is 4.65. The SMILES string of the molecule is COCc1ccc(C(=O)Nc2cccc(OC)c2)cc1OC. The molecule has 0 aliphatic rings. The van der Waals surface area contributed by atoms with E-state index in [-0.39, 0.29) is 5.91 Å². The van der Waals surface area contributed by atoms with Crippen LogP contribution in [0.4, 0.5) is 5.69 Å². The van der Waals surface area contributed by atoms with Gasteiger partial charge in [-0.05, 0) is 24.3 Å². The highest BCUT2D eigenvalue weighted by Crippen LogP contribution is 2.22. The van der Waals surface area contributed by atoms with Crippen molar-refractivity contribution >= 4 is 11.6 Å². The number of carbonyl (C=O) groups excluding carboxylic acids is 1. The molecule has 0 aromatic heterocycles. The van der Waals surface area contributed by atoms with Crippen LogP contribution in [0.3, 0.4) is 0 Å². The largest absolute Gasteiger partial charge is 0.497 e. The molecule has 22 heavy (non-hydrogen) atoms. The van der Waals surface area contributed by atoms with Gasteiger partial charge in [-0.25, -0.2) is 0 Å². The molecule has 0 fully saturated rings. The first-order chi connectivity index (χ1) is 10.7. The van der Waals surface area contributed by atoms with Crippen molar-refractivity contribution in [3.63, 3.8) is 0 Å². The van der Waals surface area contributed by atoms with E-state index in [0.717, 1.165) is 5.56 Å². The van der Waals surface area contributed by atoms with Crippen LogP contribution in [0.1, 0.15) is 15.9 Å². The molecule has 0 radical (unpaired) electrons. The predicted molar refractivity (Wildman–Crippen MR) is 84.7 cm³/mol. The molecule has 5 heteroatoms. The lowest BCUT2D eigenvalue weighted by Gasteiger charge is -2.11. The average Bonchev–Trinajstić information content (AvgIpc) is 2.55. The summed E-state index contributed by atoms with van der Waals surface area (Å²) in [5.74, 6) is 1.10. The number of rotatable bonds is 6. The molecule has 0 heterocycles. The molecule has 2 rings (SSSR count). The number of methoxy groups -OCH3 is 3. The number of carbonyl (C=O) groups is 1. The summed E-state index contributed by atoms with van der Waals surface area (Å²) in [6.45, 7) is 0.432. The minimum atomic E-state index is -0.212. The summed E-state index contributed by atoms with van der Waals surface area (Å²) in [7, 11) is 4.77. The Bertz CT molecular complexity index is 655. The molecule has 0 saturated carbocycles. The molecule has 1 amide bonds. The zero-order valence-corrected chi connectivity index (χ0v) is 12.9. The van der Waals surface area contributed by atoms with Gasteiger partial charge in [-0.3, -0.25) is 4.79 Å². The van der Waals surface area contributed by atoms with Crippen LogP contribution in [0.15, 0.2) is 42.5 Å². The number of hydrogen-bond donors (Lipinski definition) is 1. The number of benzene rings is 2. The van der Waals surface area contributed by atoms with Crippen molar-refractivity contribution in [2.24, 2.45) is 0 Å². The number of anilines is 1. The lowest BCUT2D eigenvalue weighted by Crippen LogP contribution is -2.12. The highest BCUT2D eigenvalue weighted by atomic mass is 16.5. The Kier molecular flexibility index (Phi) is 5.38. The Morgan fingerprint density at radius 1 is 1.05 bits per heavy atom. The van der Waals surface area contributed by atoms with Gasteiger partial charge in [0.2, 0.25) is 0 Å². The van der Waals surface area contributed by atoms with Crippen LogP contribution in [0.5, 0.6) is 11.5 Å². The minimum absolute atomic E-state index is 0.212. The van der Waals surface area contributed by atoms with Gasteiger partial charge in [0.05, 0.1) is 20.8 Å². The van der Waals surface area contributed by atoms with E-state index in [2.05, 4.69) is 5.32 Å². The number of nitrogens with one attached hydrogen (secondary N) is 1. The predicted octanol–water partition coefficient (Wildman–Crippen LogP) is 3.10. The smallest absolute Gasteiger partial charge is 0.255 e. The van der Waals surface area contributed by atoms with Crippen LogP contribution in [0.25, 0.3) is 0 Å². The second-order valence-electron chi connectivity index (χ2n) is 4.65. The summed E-state index contributed by atoms with van der Waals surface area (Å²) in [4.78, 5) is 12.3. The summed E-state index contributed by atoms with van der Waals surface area (Å²) < 4.78 is 15.5. The molecule has 0 unspecified atom stereocenters. The van der Waals surface area contributed by atoms with E-state index in [1.54, 1.807) is 45.6 Å². The van der Waals surface area contributed by atoms with Gasteiger partial charge in [0.25, 0.3) is 5.91 Å². The summed E-state index contributed by atoms with van der Waals surface area (Å²) in [5, 5.41) is 2.83. The maximum absolute atomic E-state index is 12.3. The van der Waals surface area contributed by atoms with Gasteiger partial charge in [-0.2, -0.15) is 0 Å². The van der Waals surface area contributed by atoms with Crippen LogP contribution in [0.2, 0.25) is 0 Å². The fourth-order valence-corrected chi connectivity index (χ4v) is 2.06. The van der Waals surface area contributed by atoms with Crippen LogP contribution < -0.4 is 14.8 Å². The maximum Gasteiger partial charge on any atom is 0.255 e. The van der Waals surface area contributed by atoms with E-state index < -0.39 is 0 Å². The summed E-state index contributed by atoms with van der Waals surface area (Å²) in [6.07, 6.45) is 0. The minimum Gasteiger partial charge on any atom is -0.497 e. The molecule has 1 N–H and O–H groups in total. The standard InChI is InChI=1S/C17H19NO4/c1-20-11-13-8-7-12(9-16(13)22-3)17(19)18-14-5-4-6-15(10-14)21-2/h4-10H,11H2,1-3H3,(H,18,19). The van der Waals surface area contributed by atoms with Gasteiger partial charge < -0.3 is 19.5 Å². The Balaban J connectivity index is 2.18. The average molecular weight is 301 g/mol. The topological polar surface area (TPSA) is 56.8 Å². The first kappa shape index (κ1) is 15.9. The Hall–Kier alpha value is -2.53. The van der Waals surface area contributed by atoms with Gasteiger partial charge in [0, 0.05) is 30.0 Å². The summed E-state index contributed by atoms with van der Waals surface area (Å²) in [5.41, 5.74) is 2.08. The Morgan fingerprint density at radius 2 is 1.86 bits per heavy atom. The number of hydrogen-bond acceptors (Lipinski definition) is 4. The molecular formula is C17H19NO4. The van der Waals surface area contributed by atoms with Crippen LogP contribution in [-0.4, -0.2) is 27.2 Å². The van der Waals surface area contributed by atoms with Crippen molar-refractivity contribution in [3.05, 3.63) is 53.6 Å². The molecule has 2 aromatic carbocycles. The van der Waals surface area contributed by atoms with Crippen molar-refractivity contribution in [2.45, 2.75) is 6.61 Å². The van der Waals surface area contributed by atoms with Gasteiger partial charge in [0.1, 0.15) is 11.5 Å². The van der Waals surface area contributed by atoms with E-state index in [1.807, 2.05) is 18.2 Å². The van der Waals surface area contributed by atoms with Gasteiger partial charge in [-0.15, -0.1) is 0 Å². The normalized spacial score (nSPS) is 10.1. The van der Waals surface area contributed by atoms with E-state index in [9.17, 15) is 4.79 Å². The fraction of sp³-hybridized carbons (Fsp3) is 0.235. The van der Waals surface area contributed by atoms with Gasteiger partial charge in [-0.1, -0.05) is 12.1 Å². The quantitative estimate of drug-likeness (QED) is 0.890. The third-order valence-electron chi connectivity index (χ3n) is 3.18. The number of ether oxygens (including phenoxy) is 3. The molecule has 2 aromatic rings. The van der Waals surface area contributed by atoms with Crippen molar-refractivity contribution < 1.29 is 19.0 Å². The third kappa shape index (κ3) is 3.77. The van der Waals surface area contributed by atoms with Crippen LogP contribution in [-0.2, 0) is 11.3 Å². The monoisotopic (exact) mass is 301 g/mol. The molecular weight excluding hydrogens is 282 g/mol. The van der Waals surface area contributed by atoms with Crippen molar-refractivity contribution in [2.75, 3.05) is 26.6 Å². The van der Waals surface area contributed by atoms with Crippen molar-refractivity contribution in [3.8, 4) is 11.5 Å². The first-order valence-corrected chi connectivity index (χ1v) is 6.79. The fourth-order valence-electron chi connectivity index (χ4n) is 2.06. The Labute approximate surface area is 129 Å². The lowest BCUT2D eigenvalue weighted by molar-refractivity contribution is 0.102. The van der Waals surface area contributed by atoms with Crippen LogP contribution in [0, 0.1) is 0 Å². The maximum atomic E-state index is 12.3. The molecule has 116 valence electrons. The highest BCUT2D eigenvalue weighted by Gasteiger charge is 2.11. The molecule has 0 aliphatic heterocycles. The van der Waals surface area contributed by atoms with Gasteiger partial charge >= 0.3 is 0 Å².